The molecule has 25 heavy (non-hydrogen) atoms. The number of aromatic nitrogens is 1. The topological polar surface area (TPSA) is 34.4 Å². The number of thioether (sulfide) groups is 1. The van der Waals surface area contributed by atoms with Crippen LogP contribution >= 0.6 is 23.1 Å². The van der Waals surface area contributed by atoms with Crippen molar-refractivity contribution >= 4 is 39.2 Å². The lowest BCUT2D eigenvalue weighted by Crippen LogP contribution is -2.18. The molecule has 0 saturated heterocycles. The molecule has 0 bridgehead atoms. The molecule has 0 aliphatic rings. The van der Waals surface area contributed by atoms with Gasteiger partial charge in [-0.2, -0.15) is 16.8 Å². The highest BCUT2D eigenvalue weighted by Crippen LogP contribution is 2.22. The van der Waals surface area contributed by atoms with E-state index in [0.717, 1.165) is 22.7 Å². The Morgan fingerprint density at radius 1 is 1.12 bits per heavy atom. The average molecular weight is 371 g/mol. The van der Waals surface area contributed by atoms with E-state index in [0.29, 0.717) is 5.56 Å². The molecule has 1 heterocycles. The number of aryl methyl sites for hydroxylation is 4. The van der Waals surface area contributed by atoms with Crippen LogP contribution in [0.2, 0.25) is 0 Å². The minimum absolute atomic E-state index is 0.170. The number of carbonyl (C=O) groups excluding carboxylic acids is 1. The van der Waals surface area contributed by atoms with Gasteiger partial charge in [0.15, 0.2) is 4.80 Å². The molecule has 0 fully saturated rings. The van der Waals surface area contributed by atoms with Crippen LogP contribution < -0.4 is 4.80 Å². The van der Waals surface area contributed by atoms with Crippen LogP contribution in [0.25, 0.3) is 10.2 Å². The van der Waals surface area contributed by atoms with Crippen molar-refractivity contribution in [3.05, 3.63) is 63.5 Å². The van der Waals surface area contributed by atoms with E-state index >= 15 is 0 Å². The van der Waals surface area contributed by atoms with Gasteiger partial charge in [-0.15, -0.1) is 0 Å². The molecule has 0 aliphatic carbocycles. The molecule has 0 saturated carbocycles. The van der Waals surface area contributed by atoms with Crippen LogP contribution in [0, 0.1) is 20.8 Å². The fourth-order valence-corrected chi connectivity index (χ4v) is 4.27. The van der Waals surface area contributed by atoms with Gasteiger partial charge in [0.05, 0.1) is 10.2 Å². The van der Waals surface area contributed by atoms with Crippen molar-refractivity contribution in [2.45, 2.75) is 27.3 Å². The number of amides is 1. The second-order valence-corrected chi connectivity index (χ2v) is 8.16. The Morgan fingerprint density at radius 2 is 1.84 bits per heavy atom. The number of fused-ring (bicyclic) bond motifs is 1. The maximum Gasteiger partial charge on any atom is 0.279 e. The summed E-state index contributed by atoms with van der Waals surface area (Å²) < 4.78 is 3.36. The van der Waals surface area contributed by atoms with E-state index in [2.05, 4.69) is 41.8 Å². The zero-order chi connectivity index (χ0) is 18.0. The number of carbonyl (C=O) groups is 1. The molecule has 5 heteroatoms. The van der Waals surface area contributed by atoms with E-state index in [9.17, 15) is 4.79 Å². The number of benzene rings is 2. The minimum Gasteiger partial charge on any atom is -0.315 e. The molecule has 0 radical (unpaired) electrons. The molecule has 1 aromatic heterocycles. The third-order valence-corrected chi connectivity index (χ3v) is 6.02. The highest BCUT2D eigenvalue weighted by molar-refractivity contribution is 7.98. The summed E-state index contributed by atoms with van der Waals surface area (Å²) in [5.41, 5.74) is 5.32. The molecule has 2 aromatic carbocycles. The predicted molar refractivity (Wildman–Crippen MR) is 109 cm³/mol. The SMILES string of the molecule is CSCCn1c(=NC(=O)c2ccccc2C)sc2cc(C)c(C)cc21. The molecule has 1 amide bonds. The van der Waals surface area contributed by atoms with Crippen LogP contribution in [0.15, 0.2) is 41.4 Å². The van der Waals surface area contributed by atoms with Gasteiger partial charge in [0.25, 0.3) is 5.91 Å². The first-order valence-corrected chi connectivity index (χ1v) is 10.5. The molecule has 0 unspecified atom stereocenters. The molecule has 0 aliphatic heterocycles. The summed E-state index contributed by atoms with van der Waals surface area (Å²) in [6, 6.07) is 12.0. The Labute approximate surface area is 156 Å². The van der Waals surface area contributed by atoms with Crippen molar-refractivity contribution in [1.29, 1.82) is 0 Å². The van der Waals surface area contributed by atoms with E-state index in [1.807, 2.05) is 31.2 Å². The van der Waals surface area contributed by atoms with Gasteiger partial charge in [0.2, 0.25) is 0 Å². The molecule has 130 valence electrons. The Balaban J connectivity index is 2.17. The van der Waals surface area contributed by atoms with Crippen LogP contribution in [-0.2, 0) is 6.54 Å². The number of thiazole rings is 1. The van der Waals surface area contributed by atoms with Gasteiger partial charge >= 0.3 is 0 Å². The van der Waals surface area contributed by atoms with Gasteiger partial charge in [-0.3, -0.25) is 4.79 Å². The van der Waals surface area contributed by atoms with Crippen LogP contribution in [0.3, 0.4) is 0 Å². The minimum atomic E-state index is -0.170. The van der Waals surface area contributed by atoms with Crippen molar-refractivity contribution < 1.29 is 4.79 Å². The summed E-state index contributed by atoms with van der Waals surface area (Å²) in [4.78, 5) is 17.9. The van der Waals surface area contributed by atoms with Crippen LogP contribution in [0.5, 0.6) is 0 Å². The monoisotopic (exact) mass is 370 g/mol. The largest absolute Gasteiger partial charge is 0.315 e. The van der Waals surface area contributed by atoms with Gasteiger partial charge in [-0.25, -0.2) is 0 Å². The van der Waals surface area contributed by atoms with Crippen LogP contribution in [0.4, 0.5) is 0 Å². The lowest BCUT2D eigenvalue weighted by Gasteiger charge is -2.06. The molecule has 0 atom stereocenters. The van der Waals surface area contributed by atoms with Gasteiger partial charge < -0.3 is 4.57 Å². The van der Waals surface area contributed by atoms with Crippen molar-refractivity contribution in [3.63, 3.8) is 0 Å². The Hall–Kier alpha value is -1.85. The smallest absolute Gasteiger partial charge is 0.279 e. The lowest BCUT2D eigenvalue weighted by atomic mass is 10.1. The van der Waals surface area contributed by atoms with Crippen molar-refractivity contribution in [3.8, 4) is 0 Å². The van der Waals surface area contributed by atoms with Crippen molar-refractivity contribution in [1.82, 2.24) is 4.57 Å². The van der Waals surface area contributed by atoms with E-state index in [1.54, 1.807) is 23.1 Å². The molecule has 3 rings (SSSR count). The third-order valence-electron chi connectivity index (χ3n) is 4.39. The summed E-state index contributed by atoms with van der Waals surface area (Å²) in [5, 5.41) is 0. The first-order valence-electron chi connectivity index (χ1n) is 8.25. The first-order chi connectivity index (χ1) is 12.0. The highest BCUT2D eigenvalue weighted by atomic mass is 32.2. The van der Waals surface area contributed by atoms with Gasteiger partial charge in [0, 0.05) is 17.9 Å². The third kappa shape index (κ3) is 3.72. The van der Waals surface area contributed by atoms with Gasteiger partial charge in [-0.05, 0) is 61.9 Å². The Kier molecular flexibility index (Phi) is 5.45. The molecule has 3 aromatic rings. The Bertz CT molecular complexity index is 999. The molecule has 0 spiro atoms. The molecular weight excluding hydrogens is 348 g/mol. The average Bonchev–Trinajstić information content (AvgIpc) is 2.90. The summed E-state index contributed by atoms with van der Waals surface area (Å²) in [6.45, 7) is 7.04. The second kappa shape index (κ2) is 7.58. The number of rotatable bonds is 4. The lowest BCUT2D eigenvalue weighted by molar-refractivity contribution is 0.0997. The summed E-state index contributed by atoms with van der Waals surface area (Å²) in [7, 11) is 0. The van der Waals surface area contributed by atoms with E-state index in [4.69, 9.17) is 0 Å². The number of nitrogens with zero attached hydrogens (tertiary/aromatic N) is 2. The number of hydrogen-bond acceptors (Lipinski definition) is 3. The van der Waals surface area contributed by atoms with Crippen molar-refractivity contribution in [2.75, 3.05) is 12.0 Å². The van der Waals surface area contributed by atoms with Crippen LogP contribution in [0.1, 0.15) is 27.0 Å². The summed E-state index contributed by atoms with van der Waals surface area (Å²) >= 11 is 3.39. The fourth-order valence-electron chi connectivity index (χ4n) is 2.77. The zero-order valence-electron chi connectivity index (χ0n) is 15.0. The molecule has 0 N–H and O–H groups in total. The van der Waals surface area contributed by atoms with E-state index < -0.39 is 0 Å². The summed E-state index contributed by atoms with van der Waals surface area (Å²) in [5.74, 6) is 0.820. The van der Waals surface area contributed by atoms with E-state index in [-0.39, 0.29) is 5.91 Å². The number of hydrogen-bond donors (Lipinski definition) is 0. The maximum absolute atomic E-state index is 12.7. The Morgan fingerprint density at radius 3 is 2.56 bits per heavy atom. The normalized spacial score (nSPS) is 12.1. The fraction of sp³-hybridized carbons (Fsp3) is 0.300. The van der Waals surface area contributed by atoms with Crippen LogP contribution in [-0.4, -0.2) is 22.5 Å². The van der Waals surface area contributed by atoms with Gasteiger partial charge in [-0.1, -0.05) is 29.5 Å². The van der Waals surface area contributed by atoms with E-state index in [1.165, 1.54) is 21.3 Å². The predicted octanol–water partition coefficient (Wildman–Crippen LogP) is 4.73. The zero-order valence-corrected chi connectivity index (χ0v) is 16.6. The quantitative estimate of drug-likeness (QED) is 0.665. The van der Waals surface area contributed by atoms with Crippen molar-refractivity contribution in [2.24, 2.45) is 4.99 Å². The highest BCUT2D eigenvalue weighted by Gasteiger charge is 2.11. The standard InChI is InChI=1S/C20H22N2OS2/c1-13-7-5-6-8-16(13)19(23)21-20-22(9-10-24-4)17-11-14(2)15(3)12-18(17)25-20/h5-8,11-12H,9-10H2,1-4H3. The first kappa shape index (κ1) is 18.0. The molecular formula is C20H22N2OS2. The molecule has 3 nitrogen and oxygen atoms in total. The second-order valence-electron chi connectivity index (χ2n) is 6.17. The van der Waals surface area contributed by atoms with Gasteiger partial charge in [0.1, 0.15) is 0 Å². The maximum atomic E-state index is 12.7. The summed E-state index contributed by atoms with van der Waals surface area (Å²) in [6.07, 6.45) is 2.10.